The highest BCUT2D eigenvalue weighted by Gasteiger charge is 2.29. The van der Waals surface area contributed by atoms with E-state index in [4.69, 9.17) is 27.9 Å². The van der Waals surface area contributed by atoms with Crippen LogP contribution in [0.25, 0.3) is 11.1 Å². The zero-order valence-electron chi connectivity index (χ0n) is 17.2. The Kier molecular flexibility index (Phi) is 7.01. The average Bonchev–Trinajstić information content (AvgIpc) is 3.11. The number of benzene rings is 3. The molecule has 3 N–H and O–H groups in total. The summed E-state index contributed by atoms with van der Waals surface area (Å²) in [6, 6.07) is 21.1. The second-order valence-electron chi connectivity index (χ2n) is 7.69. The first-order valence-electron chi connectivity index (χ1n) is 10.4. The number of rotatable bonds is 7. The van der Waals surface area contributed by atoms with Crippen LogP contribution in [0, 0.1) is 0 Å². The van der Waals surface area contributed by atoms with Crippen molar-refractivity contribution in [2.24, 2.45) is 0 Å². The summed E-state index contributed by atoms with van der Waals surface area (Å²) in [5.74, 6) is -0.0251. The van der Waals surface area contributed by atoms with Crippen LogP contribution < -0.4 is 5.32 Å². The molecule has 32 heavy (non-hydrogen) atoms. The summed E-state index contributed by atoms with van der Waals surface area (Å²) in [6.45, 7) is 0.331. The minimum Gasteiger partial charge on any atom is -0.449 e. The Morgan fingerprint density at radius 1 is 0.906 bits per heavy atom. The van der Waals surface area contributed by atoms with Crippen LogP contribution in [-0.2, 0) is 4.74 Å². The van der Waals surface area contributed by atoms with Gasteiger partial charge in [0.05, 0.1) is 6.10 Å². The van der Waals surface area contributed by atoms with Crippen LogP contribution in [0.4, 0.5) is 4.79 Å². The van der Waals surface area contributed by atoms with E-state index >= 15 is 0 Å². The molecule has 0 bridgehead atoms. The Balaban J connectivity index is 1.30. The van der Waals surface area contributed by atoms with Crippen molar-refractivity contribution in [2.75, 3.05) is 13.2 Å². The first-order chi connectivity index (χ1) is 15.5. The Bertz CT molecular complexity index is 1050. The summed E-state index contributed by atoms with van der Waals surface area (Å²) in [7, 11) is 0. The maximum absolute atomic E-state index is 12.2. The lowest BCUT2D eigenvalue weighted by molar-refractivity contribution is 0.0138. The molecule has 3 aromatic carbocycles. The van der Waals surface area contributed by atoms with Gasteiger partial charge in [0.15, 0.2) is 0 Å². The quantitative estimate of drug-likeness (QED) is 0.435. The number of aliphatic hydroxyl groups is 2. The number of halogens is 2. The highest BCUT2D eigenvalue weighted by atomic mass is 35.5. The SMILES string of the molecule is O=C(NCCC(O)C(O)c1c(Cl)cccc1Cl)OCC1c2ccccc2-c2ccccc21. The van der Waals surface area contributed by atoms with E-state index in [1.165, 1.54) is 0 Å². The van der Waals surface area contributed by atoms with Crippen LogP contribution in [-0.4, -0.2) is 35.6 Å². The third kappa shape index (κ3) is 4.62. The Labute approximate surface area is 196 Å². The average molecular weight is 472 g/mol. The molecule has 4 rings (SSSR count). The van der Waals surface area contributed by atoms with Gasteiger partial charge in [0.25, 0.3) is 0 Å². The molecule has 7 heteroatoms. The van der Waals surface area contributed by atoms with Crippen molar-refractivity contribution in [3.8, 4) is 11.1 Å². The van der Waals surface area contributed by atoms with Gasteiger partial charge < -0.3 is 20.3 Å². The first kappa shape index (κ1) is 22.6. The summed E-state index contributed by atoms with van der Waals surface area (Å²) < 4.78 is 5.47. The van der Waals surface area contributed by atoms with Crippen molar-refractivity contribution in [1.29, 1.82) is 0 Å². The number of carbonyl (C=O) groups is 1. The number of amides is 1. The Morgan fingerprint density at radius 3 is 2.06 bits per heavy atom. The summed E-state index contributed by atoms with van der Waals surface area (Å²) >= 11 is 12.2. The third-order valence-electron chi connectivity index (χ3n) is 5.71. The molecule has 1 aliphatic rings. The molecule has 166 valence electrons. The van der Waals surface area contributed by atoms with Gasteiger partial charge >= 0.3 is 6.09 Å². The molecule has 1 amide bonds. The molecular formula is C25H23Cl2NO4. The molecule has 1 aliphatic carbocycles. The van der Waals surface area contributed by atoms with Gasteiger partial charge in [-0.1, -0.05) is 77.8 Å². The Morgan fingerprint density at radius 2 is 1.47 bits per heavy atom. The lowest BCUT2D eigenvalue weighted by Crippen LogP contribution is -2.30. The molecule has 2 atom stereocenters. The van der Waals surface area contributed by atoms with E-state index in [0.29, 0.717) is 0 Å². The van der Waals surface area contributed by atoms with E-state index in [1.54, 1.807) is 18.2 Å². The van der Waals surface area contributed by atoms with E-state index in [2.05, 4.69) is 29.6 Å². The monoisotopic (exact) mass is 471 g/mol. The number of fused-ring (bicyclic) bond motifs is 3. The number of hydrogen-bond donors (Lipinski definition) is 3. The van der Waals surface area contributed by atoms with Crippen molar-refractivity contribution in [1.82, 2.24) is 5.32 Å². The van der Waals surface area contributed by atoms with Crippen molar-refractivity contribution in [3.63, 3.8) is 0 Å². The van der Waals surface area contributed by atoms with Crippen molar-refractivity contribution < 1.29 is 19.7 Å². The molecule has 0 spiro atoms. The second kappa shape index (κ2) is 9.92. The summed E-state index contributed by atoms with van der Waals surface area (Å²) in [5.41, 5.74) is 4.86. The van der Waals surface area contributed by atoms with Gasteiger partial charge in [-0.25, -0.2) is 4.79 Å². The molecule has 0 fully saturated rings. The molecule has 0 aliphatic heterocycles. The molecule has 5 nitrogen and oxygen atoms in total. The van der Waals surface area contributed by atoms with E-state index in [0.717, 1.165) is 22.3 Å². The summed E-state index contributed by atoms with van der Waals surface area (Å²) in [5, 5.41) is 23.8. The lowest BCUT2D eigenvalue weighted by atomic mass is 9.98. The molecule has 3 aromatic rings. The van der Waals surface area contributed by atoms with Crippen molar-refractivity contribution in [2.45, 2.75) is 24.5 Å². The third-order valence-corrected chi connectivity index (χ3v) is 6.37. The van der Waals surface area contributed by atoms with E-state index in [1.807, 2.05) is 24.3 Å². The molecule has 0 radical (unpaired) electrons. The molecule has 0 aromatic heterocycles. The maximum atomic E-state index is 12.2. The molecule has 0 saturated carbocycles. The van der Waals surface area contributed by atoms with Gasteiger partial charge in [0, 0.05) is 28.1 Å². The number of hydrogen-bond acceptors (Lipinski definition) is 4. The van der Waals surface area contributed by atoms with Gasteiger partial charge in [0.2, 0.25) is 0 Å². The zero-order chi connectivity index (χ0) is 22.7. The lowest BCUT2D eigenvalue weighted by Gasteiger charge is -2.20. The number of ether oxygens (including phenoxy) is 1. The van der Waals surface area contributed by atoms with Gasteiger partial charge in [-0.15, -0.1) is 0 Å². The Hall–Kier alpha value is -2.57. The predicted octanol–water partition coefficient (Wildman–Crippen LogP) is 5.32. The highest BCUT2D eigenvalue weighted by Crippen LogP contribution is 2.44. The minimum atomic E-state index is -1.26. The topological polar surface area (TPSA) is 78.8 Å². The summed E-state index contributed by atoms with van der Waals surface area (Å²) in [6.07, 6.45) is -2.89. The zero-order valence-corrected chi connectivity index (χ0v) is 18.7. The van der Waals surface area contributed by atoms with Crippen molar-refractivity contribution in [3.05, 3.63) is 93.5 Å². The largest absolute Gasteiger partial charge is 0.449 e. The standard InChI is InChI=1S/C25H23Cl2NO4/c26-20-10-5-11-21(27)23(20)24(30)22(29)12-13-28-25(31)32-14-19-17-8-3-1-6-15(17)16-7-2-4-9-18(16)19/h1-11,19,22,24,29-30H,12-14H2,(H,28,31). The fourth-order valence-electron chi connectivity index (χ4n) is 4.12. The number of carbonyl (C=O) groups excluding carboxylic acids is 1. The van der Waals surface area contributed by atoms with E-state index < -0.39 is 18.3 Å². The van der Waals surface area contributed by atoms with Crippen LogP contribution >= 0.6 is 23.2 Å². The number of aliphatic hydroxyl groups excluding tert-OH is 2. The minimum absolute atomic E-state index is 0.0251. The van der Waals surface area contributed by atoms with Gasteiger partial charge in [0.1, 0.15) is 12.7 Å². The molecule has 0 heterocycles. The van der Waals surface area contributed by atoms with Crippen LogP contribution in [0.15, 0.2) is 66.7 Å². The maximum Gasteiger partial charge on any atom is 0.407 e. The van der Waals surface area contributed by atoms with Gasteiger partial charge in [-0.2, -0.15) is 0 Å². The van der Waals surface area contributed by atoms with Crippen LogP contribution in [0.5, 0.6) is 0 Å². The fraction of sp³-hybridized carbons (Fsp3) is 0.240. The normalized spacial score (nSPS) is 14.4. The second-order valence-corrected chi connectivity index (χ2v) is 8.50. The molecular weight excluding hydrogens is 449 g/mol. The molecule has 0 saturated heterocycles. The molecule has 2 unspecified atom stereocenters. The van der Waals surface area contributed by atoms with Crippen molar-refractivity contribution >= 4 is 29.3 Å². The number of alkyl carbamates (subject to hydrolysis) is 1. The van der Waals surface area contributed by atoms with Gasteiger partial charge in [-0.05, 0) is 40.8 Å². The van der Waals surface area contributed by atoms with Gasteiger partial charge in [-0.3, -0.25) is 0 Å². The predicted molar refractivity (Wildman–Crippen MR) is 125 cm³/mol. The van der Waals surface area contributed by atoms with Crippen LogP contribution in [0.3, 0.4) is 0 Å². The number of nitrogens with one attached hydrogen (secondary N) is 1. The van der Waals surface area contributed by atoms with Crippen LogP contribution in [0.2, 0.25) is 10.0 Å². The first-order valence-corrected chi connectivity index (χ1v) is 11.1. The van der Waals surface area contributed by atoms with Crippen LogP contribution in [0.1, 0.15) is 35.1 Å². The summed E-state index contributed by atoms with van der Waals surface area (Å²) in [4.78, 5) is 12.2. The van der Waals surface area contributed by atoms with E-state index in [9.17, 15) is 15.0 Å². The highest BCUT2D eigenvalue weighted by molar-refractivity contribution is 6.36. The smallest absolute Gasteiger partial charge is 0.407 e. The van der Waals surface area contributed by atoms with E-state index in [-0.39, 0.29) is 41.1 Å². The fourth-order valence-corrected chi connectivity index (χ4v) is 4.74.